The standard InChI is InChI=1S/C12H17N3O4/c1-9-6-14(7-11(19-9)8-18-2)12-4-3-10(5-13-12)15(16)17/h3-5,9,11H,6-8H2,1-2H3. The Morgan fingerprint density at radius 3 is 2.95 bits per heavy atom. The summed E-state index contributed by atoms with van der Waals surface area (Å²) in [5.41, 5.74) is -0.00139. The lowest BCUT2D eigenvalue weighted by atomic mass is 10.2. The van der Waals surface area contributed by atoms with Crippen LogP contribution in [0.15, 0.2) is 18.3 Å². The second-order valence-electron chi connectivity index (χ2n) is 4.56. The Morgan fingerprint density at radius 1 is 1.58 bits per heavy atom. The Labute approximate surface area is 111 Å². The smallest absolute Gasteiger partial charge is 0.287 e. The molecule has 0 bridgehead atoms. The number of hydrogen-bond acceptors (Lipinski definition) is 6. The topological polar surface area (TPSA) is 77.7 Å². The minimum absolute atomic E-state index is 0.00139. The van der Waals surface area contributed by atoms with Crippen LogP contribution in [0.5, 0.6) is 0 Å². The molecule has 2 atom stereocenters. The van der Waals surface area contributed by atoms with Crippen molar-refractivity contribution in [1.29, 1.82) is 0 Å². The van der Waals surface area contributed by atoms with Crippen LogP contribution in [0.25, 0.3) is 0 Å². The lowest BCUT2D eigenvalue weighted by molar-refractivity contribution is -0.385. The fourth-order valence-corrected chi connectivity index (χ4v) is 2.18. The van der Waals surface area contributed by atoms with Crippen LogP contribution in [0.4, 0.5) is 11.5 Å². The van der Waals surface area contributed by atoms with Gasteiger partial charge in [0.25, 0.3) is 5.69 Å². The molecule has 104 valence electrons. The van der Waals surface area contributed by atoms with Crippen molar-refractivity contribution < 1.29 is 14.4 Å². The molecule has 19 heavy (non-hydrogen) atoms. The largest absolute Gasteiger partial charge is 0.382 e. The van der Waals surface area contributed by atoms with Crippen molar-refractivity contribution in [2.75, 3.05) is 31.7 Å². The molecular weight excluding hydrogens is 250 g/mol. The van der Waals surface area contributed by atoms with Gasteiger partial charge in [0, 0.05) is 26.3 Å². The molecule has 0 saturated carbocycles. The second-order valence-corrected chi connectivity index (χ2v) is 4.56. The number of ether oxygens (including phenoxy) is 2. The van der Waals surface area contributed by atoms with Gasteiger partial charge >= 0.3 is 0 Å². The number of anilines is 1. The predicted molar refractivity (Wildman–Crippen MR) is 69.3 cm³/mol. The highest BCUT2D eigenvalue weighted by atomic mass is 16.6. The number of aromatic nitrogens is 1. The maximum Gasteiger partial charge on any atom is 0.287 e. The lowest BCUT2D eigenvalue weighted by Crippen LogP contribution is -2.48. The molecule has 0 radical (unpaired) electrons. The Bertz CT molecular complexity index is 437. The molecule has 1 aromatic heterocycles. The summed E-state index contributed by atoms with van der Waals surface area (Å²) in [7, 11) is 1.64. The van der Waals surface area contributed by atoms with E-state index in [2.05, 4.69) is 9.88 Å². The van der Waals surface area contributed by atoms with Crippen LogP contribution in [-0.4, -0.2) is 48.9 Å². The quantitative estimate of drug-likeness (QED) is 0.603. The van der Waals surface area contributed by atoms with E-state index in [1.807, 2.05) is 6.92 Å². The van der Waals surface area contributed by atoms with Gasteiger partial charge in [-0.2, -0.15) is 0 Å². The van der Waals surface area contributed by atoms with Crippen LogP contribution in [0, 0.1) is 10.1 Å². The first-order chi connectivity index (χ1) is 9.10. The Hall–Kier alpha value is -1.73. The van der Waals surface area contributed by atoms with E-state index in [0.29, 0.717) is 19.7 Å². The van der Waals surface area contributed by atoms with Crippen LogP contribution in [0.3, 0.4) is 0 Å². The summed E-state index contributed by atoms with van der Waals surface area (Å²) in [6.45, 7) is 3.89. The van der Waals surface area contributed by atoms with Gasteiger partial charge in [-0.1, -0.05) is 0 Å². The fourth-order valence-electron chi connectivity index (χ4n) is 2.18. The molecule has 2 heterocycles. The molecule has 0 aliphatic carbocycles. The summed E-state index contributed by atoms with van der Waals surface area (Å²) in [6.07, 6.45) is 1.34. The summed E-state index contributed by atoms with van der Waals surface area (Å²) >= 11 is 0. The number of rotatable bonds is 4. The van der Waals surface area contributed by atoms with Crippen molar-refractivity contribution in [2.24, 2.45) is 0 Å². The van der Waals surface area contributed by atoms with Crippen molar-refractivity contribution in [3.8, 4) is 0 Å². The SMILES string of the molecule is COCC1CN(c2ccc([N+](=O)[O-])cn2)CC(C)O1. The van der Waals surface area contributed by atoms with E-state index in [0.717, 1.165) is 5.82 Å². The van der Waals surface area contributed by atoms with Crippen molar-refractivity contribution >= 4 is 11.5 Å². The predicted octanol–water partition coefficient (Wildman–Crippen LogP) is 1.23. The molecule has 1 aliphatic heterocycles. The zero-order valence-electron chi connectivity index (χ0n) is 11.0. The summed E-state index contributed by atoms with van der Waals surface area (Å²) in [6, 6.07) is 3.13. The van der Waals surface area contributed by atoms with Gasteiger partial charge in [-0.15, -0.1) is 0 Å². The summed E-state index contributed by atoms with van der Waals surface area (Å²) in [4.78, 5) is 16.3. The van der Waals surface area contributed by atoms with Crippen LogP contribution in [-0.2, 0) is 9.47 Å². The molecule has 0 spiro atoms. The molecule has 0 N–H and O–H groups in total. The number of methoxy groups -OCH3 is 1. The molecule has 0 amide bonds. The maximum absolute atomic E-state index is 10.6. The molecule has 7 heteroatoms. The first-order valence-electron chi connectivity index (χ1n) is 6.10. The van der Waals surface area contributed by atoms with Crippen LogP contribution < -0.4 is 4.90 Å². The Balaban J connectivity index is 2.09. The third-order valence-corrected chi connectivity index (χ3v) is 2.95. The first kappa shape index (κ1) is 13.7. The van der Waals surface area contributed by atoms with E-state index < -0.39 is 4.92 Å². The van der Waals surface area contributed by atoms with Gasteiger partial charge in [0.15, 0.2) is 0 Å². The van der Waals surface area contributed by atoms with Gasteiger partial charge in [-0.05, 0) is 13.0 Å². The first-order valence-corrected chi connectivity index (χ1v) is 6.10. The highest BCUT2D eigenvalue weighted by Gasteiger charge is 2.26. The molecule has 2 unspecified atom stereocenters. The highest BCUT2D eigenvalue weighted by molar-refractivity contribution is 5.43. The summed E-state index contributed by atoms with van der Waals surface area (Å²) in [5.74, 6) is 0.724. The van der Waals surface area contributed by atoms with Crippen molar-refractivity contribution in [2.45, 2.75) is 19.1 Å². The van der Waals surface area contributed by atoms with Gasteiger partial charge in [0.2, 0.25) is 0 Å². The molecule has 1 fully saturated rings. The summed E-state index contributed by atoms with van der Waals surface area (Å²) in [5, 5.41) is 10.6. The van der Waals surface area contributed by atoms with E-state index in [1.54, 1.807) is 13.2 Å². The number of morpholine rings is 1. The third kappa shape index (κ3) is 3.39. The third-order valence-electron chi connectivity index (χ3n) is 2.95. The van der Waals surface area contributed by atoms with Gasteiger partial charge in [-0.3, -0.25) is 10.1 Å². The maximum atomic E-state index is 10.6. The van der Waals surface area contributed by atoms with Gasteiger partial charge < -0.3 is 14.4 Å². The molecule has 1 aliphatic rings. The lowest BCUT2D eigenvalue weighted by Gasteiger charge is -2.37. The molecular formula is C12H17N3O4. The van der Waals surface area contributed by atoms with Crippen molar-refractivity contribution in [3.63, 3.8) is 0 Å². The minimum atomic E-state index is -0.452. The molecule has 2 rings (SSSR count). The normalized spacial score (nSPS) is 23.4. The minimum Gasteiger partial charge on any atom is -0.382 e. The van der Waals surface area contributed by atoms with Crippen molar-refractivity contribution in [3.05, 3.63) is 28.4 Å². The second kappa shape index (κ2) is 5.94. The van der Waals surface area contributed by atoms with E-state index in [9.17, 15) is 10.1 Å². The Kier molecular flexibility index (Phi) is 4.28. The fraction of sp³-hybridized carbons (Fsp3) is 0.583. The number of nitrogens with zero attached hydrogens (tertiary/aromatic N) is 3. The molecule has 7 nitrogen and oxygen atoms in total. The van der Waals surface area contributed by atoms with E-state index in [1.165, 1.54) is 12.3 Å². The van der Waals surface area contributed by atoms with Crippen LogP contribution >= 0.6 is 0 Å². The van der Waals surface area contributed by atoms with Crippen LogP contribution in [0.2, 0.25) is 0 Å². The Morgan fingerprint density at radius 2 is 2.37 bits per heavy atom. The number of hydrogen-bond donors (Lipinski definition) is 0. The zero-order chi connectivity index (χ0) is 13.8. The summed E-state index contributed by atoms with van der Waals surface area (Å²) < 4.78 is 10.8. The van der Waals surface area contributed by atoms with E-state index in [-0.39, 0.29) is 17.9 Å². The zero-order valence-corrected chi connectivity index (χ0v) is 11.0. The van der Waals surface area contributed by atoms with Gasteiger partial charge in [0.1, 0.15) is 12.0 Å². The van der Waals surface area contributed by atoms with Gasteiger partial charge in [-0.25, -0.2) is 4.98 Å². The van der Waals surface area contributed by atoms with Gasteiger partial charge in [0.05, 0.1) is 23.7 Å². The van der Waals surface area contributed by atoms with E-state index >= 15 is 0 Å². The molecule has 1 aromatic rings. The monoisotopic (exact) mass is 267 g/mol. The van der Waals surface area contributed by atoms with Crippen LogP contribution in [0.1, 0.15) is 6.92 Å². The van der Waals surface area contributed by atoms with E-state index in [4.69, 9.17) is 9.47 Å². The molecule has 0 aromatic carbocycles. The number of pyridine rings is 1. The average Bonchev–Trinajstić information content (AvgIpc) is 2.38. The average molecular weight is 267 g/mol. The highest BCUT2D eigenvalue weighted by Crippen LogP contribution is 2.20. The molecule has 1 saturated heterocycles. The van der Waals surface area contributed by atoms with Crippen molar-refractivity contribution in [1.82, 2.24) is 4.98 Å². The number of nitro groups is 1.